The van der Waals surface area contributed by atoms with Crippen LogP contribution in [0.2, 0.25) is 0 Å². The first-order chi connectivity index (χ1) is 9.65. The van der Waals surface area contributed by atoms with Gasteiger partial charge in [-0.3, -0.25) is 14.9 Å². The number of rotatable bonds is 2. The number of amides is 2. The summed E-state index contributed by atoms with van der Waals surface area (Å²) in [4.78, 5) is 24.0. The number of nitrogens with one attached hydrogen (secondary N) is 1. The fourth-order valence-corrected chi connectivity index (χ4v) is 3.38. The van der Waals surface area contributed by atoms with Gasteiger partial charge >= 0.3 is 0 Å². The SMILES string of the molecule is Cc1cccc(C2C(=O)NC(=O)CC2C2CCOC2)c1. The molecule has 0 radical (unpaired) electrons. The Hall–Kier alpha value is -1.68. The summed E-state index contributed by atoms with van der Waals surface area (Å²) in [6, 6.07) is 8.01. The predicted molar refractivity (Wildman–Crippen MR) is 74.1 cm³/mol. The molecule has 1 aromatic carbocycles. The molecule has 2 aliphatic heterocycles. The Morgan fingerprint density at radius 3 is 2.85 bits per heavy atom. The Morgan fingerprint density at radius 1 is 1.30 bits per heavy atom. The van der Waals surface area contributed by atoms with Gasteiger partial charge in [-0.05, 0) is 30.7 Å². The van der Waals surface area contributed by atoms with Crippen molar-refractivity contribution < 1.29 is 14.3 Å². The number of ether oxygens (including phenoxy) is 1. The topological polar surface area (TPSA) is 55.4 Å². The molecule has 3 atom stereocenters. The van der Waals surface area contributed by atoms with Gasteiger partial charge in [-0.2, -0.15) is 0 Å². The molecule has 1 N–H and O–H groups in total. The Balaban J connectivity index is 1.94. The quantitative estimate of drug-likeness (QED) is 0.836. The van der Waals surface area contributed by atoms with Gasteiger partial charge in [0.15, 0.2) is 0 Å². The maximum Gasteiger partial charge on any atom is 0.234 e. The molecule has 3 unspecified atom stereocenters. The summed E-state index contributed by atoms with van der Waals surface area (Å²) >= 11 is 0. The van der Waals surface area contributed by atoms with Crippen LogP contribution in [-0.4, -0.2) is 25.0 Å². The summed E-state index contributed by atoms with van der Waals surface area (Å²) < 4.78 is 5.45. The normalized spacial score (nSPS) is 30.4. The van der Waals surface area contributed by atoms with Crippen LogP contribution in [-0.2, 0) is 14.3 Å². The molecule has 0 saturated carbocycles. The highest BCUT2D eigenvalue weighted by atomic mass is 16.5. The van der Waals surface area contributed by atoms with Crippen molar-refractivity contribution in [1.29, 1.82) is 0 Å². The molecule has 0 bridgehead atoms. The first kappa shape index (κ1) is 13.3. The van der Waals surface area contributed by atoms with Gasteiger partial charge < -0.3 is 4.74 Å². The Bertz CT molecular complexity index is 534. The van der Waals surface area contributed by atoms with Gasteiger partial charge in [0.05, 0.1) is 5.92 Å². The first-order valence-corrected chi connectivity index (χ1v) is 7.13. The first-order valence-electron chi connectivity index (χ1n) is 7.13. The zero-order valence-corrected chi connectivity index (χ0v) is 11.6. The third kappa shape index (κ3) is 2.48. The molecule has 0 aliphatic carbocycles. The smallest absolute Gasteiger partial charge is 0.234 e. The lowest BCUT2D eigenvalue weighted by molar-refractivity contribution is -0.137. The van der Waals surface area contributed by atoms with E-state index in [4.69, 9.17) is 4.74 Å². The number of carbonyl (C=O) groups excluding carboxylic acids is 2. The van der Waals surface area contributed by atoms with Gasteiger partial charge in [-0.25, -0.2) is 0 Å². The van der Waals surface area contributed by atoms with Crippen LogP contribution in [0.1, 0.15) is 29.9 Å². The maximum atomic E-state index is 12.3. The average Bonchev–Trinajstić information content (AvgIpc) is 2.91. The standard InChI is InChI=1S/C16H19NO3/c1-10-3-2-4-11(7-10)15-13(12-5-6-20-9-12)8-14(18)17-16(15)19/h2-4,7,12-13,15H,5-6,8-9H2,1H3,(H,17,18,19). The molecule has 3 rings (SSSR count). The Morgan fingerprint density at radius 2 is 2.15 bits per heavy atom. The number of imide groups is 1. The van der Waals surface area contributed by atoms with Gasteiger partial charge in [-0.1, -0.05) is 29.8 Å². The minimum Gasteiger partial charge on any atom is -0.381 e. The van der Waals surface area contributed by atoms with Crippen molar-refractivity contribution in [2.75, 3.05) is 13.2 Å². The number of hydrogen-bond donors (Lipinski definition) is 1. The van der Waals surface area contributed by atoms with Crippen LogP contribution in [0.5, 0.6) is 0 Å². The molecule has 0 spiro atoms. The lowest BCUT2D eigenvalue weighted by Crippen LogP contribution is -2.46. The fourth-order valence-electron chi connectivity index (χ4n) is 3.38. The van der Waals surface area contributed by atoms with E-state index in [1.54, 1.807) is 0 Å². The Kier molecular flexibility index (Phi) is 3.57. The van der Waals surface area contributed by atoms with Crippen LogP contribution in [0, 0.1) is 18.8 Å². The van der Waals surface area contributed by atoms with Crippen molar-refractivity contribution in [3.05, 3.63) is 35.4 Å². The van der Waals surface area contributed by atoms with E-state index in [1.807, 2.05) is 31.2 Å². The van der Waals surface area contributed by atoms with E-state index in [1.165, 1.54) is 0 Å². The van der Waals surface area contributed by atoms with Crippen LogP contribution >= 0.6 is 0 Å². The summed E-state index contributed by atoms with van der Waals surface area (Å²) in [5.74, 6) is -0.199. The second kappa shape index (κ2) is 5.37. The van der Waals surface area contributed by atoms with E-state index in [2.05, 4.69) is 5.32 Å². The van der Waals surface area contributed by atoms with Crippen molar-refractivity contribution in [2.45, 2.75) is 25.7 Å². The number of carbonyl (C=O) groups is 2. The molecule has 4 heteroatoms. The summed E-state index contributed by atoms with van der Waals surface area (Å²) in [6.45, 7) is 3.41. The lowest BCUT2D eigenvalue weighted by atomic mass is 9.73. The third-order valence-electron chi connectivity index (χ3n) is 4.37. The summed E-state index contributed by atoms with van der Waals surface area (Å²) in [6.07, 6.45) is 1.35. The predicted octanol–water partition coefficient (Wildman–Crippen LogP) is 1.78. The molecule has 106 valence electrons. The van der Waals surface area contributed by atoms with E-state index >= 15 is 0 Å². The summed E-state index contributed by atoms with van der Waals surface area (Å²) in [7, 11) is 0. The van der Waals surface area contributed by atoms with Crippen molar-refractivity contribution in [1.82, 2.24) is 5.32 Å². The minimum absolute atomic E-state index is 0.0561. The van der Waals surface area contributed by atoms with Gasteiger partial charge in [0.1, 0.15) is 0 Å². The highest BCUT2D eigenvalue weighted by Crippen LogP contribution is 2.39. The monoisotopic (exact) mass is 273 g/mol. The molecule has 20 heavy (non-hydrogen) atoms. The van der Waals surface area contributed by atoms with Crippen LogP contribution < -0.4 is 5.32 Å². The van der Waals surface area contributed by atoms with Crippen molar-refractivity contribution in [2.24, 2.45) is 11.8 Å². The van der Waals surface area contributed by atoms with Gasteiger partial charge in [0, 0.05) is 19.6 Å². The van der Waals surface area contributed by atoms with Crippen LogP contribution in [0.3, 0.4) is 0 Å². The molecular weight excluding hydrogens is 254 g/mol. The van der Waals surface area contributed by atoms with Crippen molar-refractivity contribution in [3.8, 4) is 0 Å². The molecule has 2 fully saturated rings. The minimum atomic E-state index is -0.237. The molecule has 0 aromatic heterocycles. The summed E-state index contributed by atoms with van der Waals surface area (Å²) in [5, 5.41) is 2.48. The van der Waals surface area contributed by atoms with E-state index in [9.17, 15) is 9.59 Å². The molecule has 2 aliphatic rings. The molecule has 4 nitrogen and oxygen atoms in total. The second-order valence-electron chi connectivity index (χ2n) is 5.80. The highest BCUT2D eigenvalue weighted by Gasteiger charge is 2.42. The maximum absolute atomic E-state index is 12.3. The molecule has 1 aromatic rings. The highest BCUT2D eigenvalue weighted by molar-refractivity contribution is 6.01. The van der Waals surface area contributed by atoms with Gasteiger partial charge in [0.25, 0.3) is 0 Å². The fraction of sp³-hybridized carbons (Fsp3) is 0.500. The number of aryl methyl sites for hydroxylation is 1. The van der Waals surface area contributed by atoms with Crippen LogP contribution in [0.4, 0.5) is 0 Å². The molecule has 2 heterocycles. The van der Waals surface area contributed by atoms with Gasteiger partial charge in [0.2, 0.25) is 11.8 Å². The zero-order valence-electron chi connectivity index (χ0n) is 11.6. The van der Waals surface area contributed by atoms with Crippen molar-refractivity contribution in [3.63, 3.8) is 0 Å². The van der Waals surface area contributed by atoms with Crippen LogP contribution in [0.25, 0.3) is 0 Å². The van der Waals surface area contributed by atoms with E-state index in [0.29, 0.717) is 18.9 Å². The number of piperidine rings is 1. The van der Waals surface area contributed by atoms with Crippen LogP contribution in [0.15, 0.2) is 24.3 Å². The average molecular weight is 273 g/mol. The number of hydrogen-bond acceptors (Lipinski definition) is 3. The second-order valence-corrected chi connectivity index (χ2v) is 5.80. The van der Waals surface area contributed by atoms with E-state index < -0.39 is 0 Å². The number of benzene rings is 1. The Labute approximate surface area is 118 Å². The van der Waals surface area contributed by atoms with Gasteiger partial charge in [-0.15, -0.1) is 0 Å². The van der Waals surface area contributed by atoms with E-state index in [-0.39, 0.29) is 23.7 Å². The zero-order chi connectivity index (χ0) is 14.1. The lowest BCUT2D eigenvalue weighted by Gasteiger charge is -2.33. The summed E-state index contributed by atoms with van der Waals surface area (Å²) in [5.41, 5.74) is 2.14. The molecule has 2 saturated heterocycles. The van der Waals surface area contributed by atoms with Crippen molar-refractivity contribution >= 4 is 11.8 Å². The largest absolute Gasteiger partial charge is 0.381 e. The molecule has 2 amide bonds. The third-order valence-corrected chi connectivity index (χ3v) is 4.37. The molecular formula is C16H19NO3. The van der Waals surface area contributed by atoms with E-state index in [0.717, 1.165) is 24.2 Å².